The number of benzene rings is 2. The number of nitrogens with one attached hydrogen (secondary N) is 1. The summed E-state index contributed by atoms with van der Waals surface area (Å²) in [5, 5.41) is 3.68. The van der Waals surface area contributed by atoms with E-state index >= 15 is 0 Å². The Bertz CT molecular complexity index is 1000. The lowest BCUT2D eigenvalue weighted by Gasteiger charge is -2.15. The number of nitrogens with zero attached hydrogens (tertiary/aromatic N) is 1. The number of hydrogen-bond acceptors (Lipinski definition) is 5. The number of carbonyl (C=O) groups excluding carboxylic acids is 2. The molecule has 7 heteroatoms. The summed E-state index contributed by atoms with van der Waals surface area (Å²) in [5.41, 5.74) is 2.58. The number of thiazole rings is 1. The second-order valence-electron chi connectivity index (χ2n) is 6.95. The number of rotatable bonds is 8. The predicted molar refractivity (Wildman–Crippen MR) is 114 cm³/mol. The maximum Gasteiger partial charge on any atom is 0.310 e. The van der Waals surface area contributed by atoms with E-state index in [1.807, 2.05) is 30.3 Å². The summed E-state index contributed by atoms with van der Waals surface area (Å²) in [4.78, 5) is 29.9. The van der Waals surface area contributed by atoms with E-state index in [-0.39, 0.29) is 18.3 Å². The maximum absolute atomic E-state index is 13.1. The van der Waals surface area contributed by atoms with Gasteiger partial charge in [0.1, 0.15) is 10.7 Å². The van der Waals surface area contributed by atoms with Crippen molar-refractivity contribution in [3.63, 3.8) is 0 Å². The monoisotopic (exact) mass is 426 g/mol. The second kappa shape index (κ2) is 10.1. The Labute approximate surface area is 178 Å². The van der Waals surface area contributed by atoms with Gasteiger partial charge in [0.15, 0.2) is 0 Å². The van der Waals surface area contributed by atoms with Crippen molar-refractivity contribution in [1.29, 1.82) is 0 Å². The summed E-state index contributed by atoms with van der Waals surface area (Å²) in [6.07, 6.45) is 1.00. The largest absolute Gasteiger partial charge is 0.469 e. The molecular formula is C23H23FN2O3S. The van der Waals surface area contributed by atoms with Crippen LogP contribution in [0.25, 0.3) is 0 Å². The van der Waals surface area contributed by atoms with Gasteiger partial charge in [0.2, 0.25) is 0 Å². The smallest absolute Gasteiger partial charge is 0.310 e. The molecule has 30 heavy (non-hydrogen) atoms. The molecule has 0 aliphatic rings. The highest BCUT2D eigenvalue weighted by molar-refractivity contribution is 7.13. The molecule has 0 bridgehead atoms. The van der Waals surface area contributed by atoms with Crippen molar-refractivity contribution in [2.75, 3.05) is 13.7 Å². The summed E-state index contributed by atoms with van der Waals surface area (Å²) in [6.45, 7) is 1.92. The zero-order chi connectivity index (χ0) is 21.5. The van der Waals surface area contributed by atoms with E-state index in [4.69, 9.17) is 4.74 Å². The normalized spacial score (nSPS) is 11.7. The topological polar surface area (TPSA) is 68.3 Å². The van der Waals surface area contributed by atoms with Crippen LogP contribution in [0, 0.1) is 18.7 Å². The third-order valence-corrected chi connectivity index (χ3v) is 5.84. The van der Waals surface area contributed by atoms with Gasteiger partial charge in [0.25, 0.3) is 5.91 Å². The number of hydrogen-bond donors (Lipinski definition) is 1. The minimum absolute atomic E-state index is 0.119. The van der Waals surface area contributed by atoms with Gasteiger partial charge in [-0.15, -0.1) is 11.3 Å². The van der Waals surface area contributed by atoms with Crippen molar-refractivity contribution in [3.05, 3.63) is 87.1 Å². The van der Waals surface area contributed by atoms with E-state index in [0.717, 1.165) is 16.1 Å². The molecular weight excluding hydrogens is 403 g/mol. The number of aromatic nitrogens is 1. The molecule has 0 radical (unpaired) electrons. The van der Waals surface area contributed by atoms with Crippen LogP contribution in [-0.2, 0) is 22.4 Å². The van der Waals surface area contributed by atoms with Gasteiger partial charge in [-0.3, -0.25) is 9.59 Å². The van der Waals surface area contributed by atoms with Crippen molar-refractivity contribution < 1.29 is 18.7 Å². The van der Waals surface area contributed by atoms with Gasteiger partial charge in [-0.2, -0.15) is 0 Å². The van der Waals surface area contributed by atoms with Gasteiger partial charge in [0.05, 0.1) is 23.7 Å². The van der Waals surface area contributed by atoms with E-state index in [1.165, 1.54) is 30.6 Å². The molecule has 1 atom stereocenters. The molecule has 0 saturated carbocycles. The molecule has 0 saturated heterocycles. The third kappa shape index (κ3) is 5.73. The van der Waals surface area contributed by atoms with Crippen LogP contribution in [0.2, 0.25) is 0 Å². The van der Waals surface area contributed by atoms with Crippen LogP contribution in [0.3, 0.4) is 0 Å². The molecule has 0 unspecified atom stereocenters. The van der Waals surface area contributed by atoms with Gasteiger partial charge in [0, 0.05) is 13.0 Å². The first-order valence-electron chi connectivity index (χ1n) is 9.57. The van der Waals surface area contributed by atoms with E-state index < -0.39 is 11.9 Å². The first kappa shape index (κ1) is 21.6. The zero-order valence-corrected chi connectivity index (χ0v) is 17.7. The average molecular weight is 427 g/mol. The van der Waals surface area contributed by atoms with E-state index in [0.29, 0.717) is 23.4 Å². The molecule has 3 rings (SSSR count). The van der Waals surface area contributed by atoms with Crippen LogP contribution >= 0.6 is 11.3 Å². The van der Waals surface area contributed by atoms with E-state index in [2.05, 4.69) is 10.3 Å². The zero-order valence-electron chi connectivity index (χ0n) is 16.9. The van der Waals surface area contributed by atoms with Crippen molar-refractivity contribution in [1.82, 2.24) is 10.3 Å². The Balaban J connectivity index is 1.64. The van der Waals surface area contributed by atoms with Gasteiger partial charge >= 0.3 is 5.97 Å². The van der Waals surface area contributed by atoms with Crippen LogP contribution in [0.4, 0.5) is 4.39 Å². The standard InChI is InChI=1S/C23H23FN2O3S/c1-15-21(30-20(26-15)13-16-6-4-3-5-7-16)22(27)25-14-18(23(28)29-2)12-17-8-10-19(24)11-9-17/h3-11,18H,12-14H2,1-2H3,(H,25,27)/t18-/m1/s1. The summed E-state index contributed by atoms with van der Waals surface area (Å²) in [7, 11) is 1.31. The number of ether oxygens (including phenoxy) is 1. The average Bonchev–Trinajstić information content (AvgIpc) is 3.12. The SMILES string of the molecule is COC(=O)[C@@H](CNC(=O)c1sc(Cc2ccccc2)nc1C)Cc1ccc(F)cc1. The molecule has 3 aromatic rings. The second-order valence-corrected chi connectivity index (χ2v) is 8.03. The van der Waals surface area contributed by atoms with Gasteiger partial charge < -0.3 is 10.1 Å². The molecule has 0 fully saturated rings. The lowest BCUT2D eigenvalue weighted by Crippen LogP contribution is -2.34. The third-order valence-electron chi connectivity index (χ3n) is 4.68. The first-order valence-corrected chi connectivity index (χ1v) is 10.4. The molecule has 0 spiro atoms. The molecule has 0 aliphatic heterocycles. The van der Waals surface area contributed by atoms with Crippen LogP contribution in [0.5, 0.6) is 0 Å². The van der Waals surface area contributed by atoms with Crippen LogP contribution in [0.15, 0.2) is 54.6 Å². The lowest BCUT2D eigenvalue weighted by atomic mass is 9.99. The molecule has 0 aliphatic carbocycles. The van der Waals surface area contributed by atoms with E-state index in [9.17, 15) is 14.0 Å². The number of carbonyl (C=O) groups is 2. The van der Waals surface area contributed by atoms with Crippen molar-refractivity contribution in [2.24, 2.45) is 5.92 Å². The van der Waals surface area contributed by atoms with Crippen LogP contribution < -0.4 is 5.32 Å². The lowest BCUT2D eigenvalue weighted by molar-refractivity contribution is -0.145. The fraction of sp³-hybridized carbons (Fsp3) is 0.261. The number of halogens is 1. The summed E-state index contributed by atoms with van der Waals surface area (Å²) in [5.74, 6) is -1.60. The number of aryl methyl sites for hydroxylation is 1. The molecule has 1 N–H and O–H groups in total. The molecule has 156 valence electrons. The highest BCUT2D eigenvalue weighted by Gasteiger charge is 2.22. The van der Waals surface area contributed by atoms with Crippen LogP contribution in [-0.4, -0.2) is 30.5 Å². The number of esters is 1. The highest BCUT2D eigenvalue weighted by atomic mass is 32.1. The van der Waals surface area contributed by atoms with Crippen molar-refractivity contribution in [3.8, 4) is 0 Å². The summed E-state index contributed by atoms with van der Waals surface area (Å²) >= 11 is 1.35. The molecule has 1 heterocycles. The van der Waals surface area contributed by atoms with Gasteiger partial charge in [-0.1, -0.05) is 42.5 Å². The Morgan fingerprint density at radius 1 is 1.10 bits per heavy atom. The molecule has 1 amide bonds. The molecule has 1 aromatic heterocycles. The van der Waals surface area contributed by atoms with Crippen molar-refractivity contribution in [2.45, 2.75) is 19.8 Å². The Morgan fingerprint density at radius 2 is 1.80 bits per heavy atom. The summed E-state index contributed by atoms with van der Waals surface area (Å²) < 4.78 is 18.0. The van der Waals surface area contributed by atoms with E-state index in [1.54, 1.807) is 19.1 Å². The molecule has 5 nitrogen and oxygen atoms in total. The molecule has 2 aromatic carbocycles. The summed E-state index contributed by atoms with van der Waals surface area (Å²) in [6, 6.07) is 15.9. The van der Waals surface area contributed by atoms with Gasteiger partial charge in [-0.25, -0.2) is 9.37 Å². The number of amides is 1. The van der Waals surface area contributed by atoms with Crippen LogP contribution in [0.1, 0.15) is 31.5 Å². The highest BCUT2D eigenvalue weighted by Crippen LogP contribution is 2.21. The fourth-order valence-electron chi connectivity index (χ4n) is 3.12. The Hall–Kier alpha value is -3.06. The Morgan fingerprint density at radius 3 is 2.47 bits per heavy atom. The number of methoxy groups -OCH3 is 1. The first-order chi connectivity index (χ1) is 14.5. The van der Waals surface area contributed by atoms with Crippen molar-refractivity contribution >= 4 is 23.2 Å². The maximum atomic E-state index is 13.1. The van der Waals surface area contributed by atoms with Gasteiger partial charge in [-0.05, 0) is 36.6 Å². The quantitative estimate of drug-likeness (QED) is 0.554. The fourth-order valence-corrected chi connectivity index (χ4v) is 4.13. The predicted octanol–water partition coefficient (Wildman–Crippen LogP) is 3.94. The minimum atomic E-state index is -0.568. The minimum Gasteiger partial charge on any atom is -0.469 e. The Kier molecular flexibility index (Phi) is 7.30.